The highest BCUT2D eigenvalue weighted by molar-refractivity contribution is 7.10. The molecule has 0 saturated heterocycles. The van der Waals surface area contributed by atoms with E-state index in [0.29, 0.717) is 10.3 Å². The highest BCUT2D eigenvalue weighted by atomic mass is 35.5. The lowest BCUT2D eigenvalue weighted by Gasteiger charge is -2.15. The molecule has 0 fully saturated rings. The molecule has 1 heterocycles. The number of aromatic nitrogens is 2. The number of nitrogens with zero attached hydrogens (tertiary/aromatic N) is 2. The van der Waals surface area contributed by atoms with Gasteiger partial charge < -0.3 is 4.74 Å². The summed E-state index contributed by atoms with van der Waals surface area (Å²) in [6.07, 6.45) is -0.439. The molecule has 9 heteroatoms. The van der Waals surface area contributed by atoms with Crippen LogP contribution >= 0.6 is 23.1 Å². The Kier molecular flexibility index (Phi) is 5.36. The fraction of sp³-hybridized carbons (Fsp3) is 0.231. The van der Waals surface area contributed by atoms with Crippen molar-refractivity contribution < 1.29 is 22.3 Å². The van der Waals surface area contributed by atoms with Crippen molar-refractivity contribution in [2.24, 2.45) is 0 Å². The second kappa shape index (κ2) is 7.06. The second-order valence-electron chi connectivity index (χ2n) is 4.16. The topological polar surface area (TPSA) is 35.0 Å². The molecule has 0 spiro atoms. The monoisotopic (exact) mass is 352 g/mol. The van der Waals surface area contributed by atoms with Crippen LogP contribution in [0.15, 0.2) is 24.3 Å². The van der Waals surface area contributed by atoms with Crippen molar-refractivity contribution >= 4 is 35.3 Å². The van der Waals surface area contributed by atoms with Gasteiger partial charge in [0.05, 0.1) is 0 Å². The zero-order valence-corrected chi connectivity index (χ0v) is 12.4. The van der Waals surface area contributed by atoms with Crippen molar-refractivity contribution in [1.29, 1.82) is 0 Å². The minimum atomic E-state index is -4.17. The van der Waals surface area contributed by atoms with Crippen LogP contribution in [0.3, 0.4) is 0 Å². The molecule has 118 valence electrons. The number of benzene rings is 1. The number of hydrogen-bond acceptors (Lipinski definition) is 4. The summed E-state index contributed by atoms with van der Waals surface area (Å²) in [5.74, 6) is -3.65. The van der Waals surface area contributed by atoms with Crippen molar-refractivity contribution in [2.75, 3.05) is 6.61 Å². The number of ether oxygens (including phenoxy) is 1. The summed E-state index contributed by atoms with van der Waals surface area (Å²) in [5.41, 5.74) is 0.735. The van der Waals surface area contributed by atoms with E-state index in [9.17, 15) is 17.6 Å². The zero-order chi connectivity index (χ0) is 16.2. The van der Waals surface area contributed by atoms with E-state index in [2.05, 4.69) is 14.1 Å². The van der Waals surface area contributed by atoms with Crippen molar-refractivity contribution in [3.8, 4) is 5.75 Å². The van der Waals surface area contributed by atoms with E-state index >= 15 is 0 Å². The van der Waals surface area contributed by atoms with E-state index in [4.69, 9.17) is 11.6 Å². The fourth-order valence-corrected chi connectivity index (χ4v) is 1.97. The average Bonchev–Trinajstić information content (AvgIpc) is 2.89. The Morgan fingerprint density at radius 3 is 2.45 bits per heavy atom. The lowest BCUT2D eigenvalue weighted by Crippen LogP contribution is -2.33. The second-order valence-corrected chi connectivity index (χ2v) is 5.49. The maximum atomic E-state index is 12.7. The quantitative estimate of drug-likeness (QED) is 0.710. The first-order chi connectivity index (χ1) is 10.4. The van der Waals surface area contributed by atoms with Gasteiger partial charge in [0.1, 0.15) is 5.75 Å². The molecule has 0 bridgehead atoms. The molecule has 0 saturated carbocycles. The Morgan fingerprint density at radius 2 is 1.91 bits per heavy atom. The first-order valence-electron chi connectivity index (χ1n) is 5.93. The molecule has 0 radical (unpaired) electrons. The number of hydrogen-bond donors (Lipinski definition) is 0. The summed E-state index contributed by atoms with van der Waals surface area (Å²) < 4.78 is 58.3. The molecular weight excluding hydrogens is 344 g/mol. The van der Waals surface area contributed by atoms with Crippen LogP contribution < -0.4 is 4.74 Å². The number of rotatable bonds is 6. The fourth-order valence-electron chi connectivity index (χ4n) is 1.37. The van der Waals surface area contributed by atoms with Gasteiger partial charge in [0, 0.05) is 0 Å². The number of alkyl halides is 4. The molecule has 22 heavy (non-hydrogen) atoms. The van der Waals surface area contributed by atoms with Gasteiger partial charge in [-0.1, -0.05) is 18.2 Å². The summed E-state index contributed by atoms with van der Waals surface area (Å²) in [6.45, 7) is -1.37. The van der Waals surface area contributed by atoms with Crippen molar-refractivity contribution in [2.45, 2.75) is 12.3 Å². The van der Waals surface area contributed by atoms with Gasteiger partial charge >= 0.3 is 12.3 Å². The predicted octanol–water partition coefficient (Wildman–Crippen LogP) is 4.64. The molecular formula is C13H9ClF4N2OS. The summed E-state index contributed by atoms with van der Waals surface area (Å²) in [5, 5.41) is 0. The minimum absolute atomic E-state index is 0.0762. The Morgan fingerprint density at radius 1 is 1.23 bits per heavy atom. The summed E-state index contributed by atoms with van der Waals surface area (Å²) >= 11 is 6.69. The minimum Gasteiger partial charge on any atom is -0.487 e. The smallest absolute Gasteiger partial charge is 0.340 e. The maximum absolute atomic E-state index is 12.7. The molecule has 0 unspecified atom stereocenters. The average molecular weight is 353 g/mol. The molecule has 0 aliphatic rings. The molecule has 3 nitrogen and oxygen atoms in total. The van der Waals surface area contributed by atoms with Crippen LogP contribution in [0.5, 0.6) is 5.75 Å². The molecule has 2 rings (SSSR count). The van der Waals surface area contributed by atoms with Gasteiger partial charge in [0.2, 0.25) is 4.47 Å². The van der Waals surface area contributed by atoms with Crippen LogP contribution in [0.1, 0.15) is 11.4 Å². The van der Waals surface area contributed by atoms with E-state index in [0.717, 1.165) is 17.1 Å². The first-order valence-corrected chi connectivity index (χ1v) is 7.08. The Hall–Kier alpha value is -1.67. The number of halogens is 5. The summed E-state index contributed by atoms with van der Waals surface area (Å²) in [4.78, 5) is 3.92. The van der Waals surface area contributed by atoms with Gasteiger partial charge in [0.15, 0.2) is 12.4 Å². The molecule has 0 aliphatic carbocycles. The molecule has 1 aromatic carbocycles. The van der Waals surface area contributed by atoms with E-state index in [1.165, 1.54) is 12.1 Å². The van der Waals surface area contributed by atoms with Gasteiger partial charge in [-0.15, -0.1) is 0 Å². The van der Waals surface area contributed by atoms with Gasteiger partial charge in [-0.25, -0.2) is 13.8 Å². The largest absolute Gasteiger partial charge is 0.487 e. The molecule has 0 atom stereocenters. The SMILES string of the molecule is FC(F)C(F)(F)COc1ccc(/C=C/c2nsc(Cl)n2)cc1. The maximum Gasteiger partial charge on any atom is 0.340 e. The molecule has 0 aliphatic heterocycles. The van der Waals surface area contributed by atoms with Crippen LogP contribution in [0, 0.1) is 0 Å². The summed E-state index contributed by atoms with van der Waals surface area (Å²) in [7, 11) is 0. The molecule has 0 amide bonds. The zero-order valence-electron chi connectivity index (χ0n) is 10.8. The molecule has 0 N–H and O–H groups in total. The standard InChI is InChI=1S/C13H9ClF4N2OS/c14-12-19-10(20-22-12)6-3-8-1-4-9(5-2-8)21-7-13(17,18)11(15)16/h1-6,11H,7H2/b6-3+. The lowest BCUT2D eigenvalue weighted by molar-refractivity contribution is -0.148. The van der Waals surface area contributed by atoms with Crippen LogP contribution in [0.2, 0.25) is 4.47 Å². The molecule has 1 aromatic heterocycles. The summed E-state index contributed by atoms with van der Waals surface area (Å²) in [6, 6.07) is 5.98. The predicted molar refractivity (Wildman–Crippen MR) is 76.7 cm³/mol. The van der Waals surface area contributed by atoms with E-state index in [-0.39, 0.29) is 5.75 Å². The first kappa shape index (κ1) is 16.7. The van der Waals surface area contributed by atoms with Crippen molar-refractivity contribution in [3.63, 3.8) is 0 Å². The Balaban J connectivity index is 1.94. The van der Waals surface area contributed by atoms with Crippen molar-refractivity contribution in [1.82, 2.24) is 9.36 Å². The van der Waals surface area contributed by atoms with Gasteiger partial charge in [-0.3, -0.25) is 0 Å². The third-order valence-electron chi connectivity index (χ3n) is 2.47. The van der Waals surface area contributed by atoms with Crippen LogP contribution in [0.4, 0.5) is 17.6 Å². The van der Waals surface area contributed by atoms with Crippen LogP contribution in [-0.2, 0) is 0 Å². The van der Waals surface area contributed by atoms with E-state index in [1.807, 2.05) is 0 Å². The third kappa shape index (κ3) is 4.67. The Bertz CT molecular complexity index is 646. The highest BCUT2D eigenvalue weighted by Gasteiger charge is 2.41. The van der Waals surface area contributed by atoms with Gasteiger partial charge in [-0.2, -0.15) is 13.2 Å². The van der Waals surface area contributed by atoms with Gasteiger partial charge in [-0.05, 0) is 46.9 Å². The van der Waals surface area contributed by atoms with E-state index in [1.54, 1.807) is 24.3 Å². The third-order valence-corrected chi connectivity index (χ3v) is 3.28. The normalized spacial score (nSPS) is 12.3. The van der Waals surface area contributed by atoms with E-state index < -0.39 is 19.0 Å². The van der Waals surface area contributed by atoms with Gasteiger partial charge in [0.25, 0.3) is 0 Å². The Labute approximate surface area is 132 Å². The van der Waals surface area contributed by atoms with Crippen molar-refractivity contribution in [3.05, 3.63) is 40.1 Å². The lowest BCUT2D eigenvalue weighted by atomic mass is 10.2. The van der Waals surface area contributed by atoms with Crippen LogP contribution in [-0.4, -0.2) is 28.3 Å². The molecule has 2 aromatic rings. The van der Waals surface area contributed by atoms with Crippen LogP contribution in [0.25, 0.3) is 12.2 Å². The highest BCUT2D eigenvalue weighted by Crippen LogP contribution is 2.24.